The fourth-order valence-corrected chi connectivity index (χ4v) is 2.47. The molecule has 0 unspecified atom stereocenters. The third-order valence-corrected chi connectivity index (χ3v) is 3.63. The van der Waals surface area contributed by atoms with E-state index in [2.05, 4.69) is 50.0 Å². The van der Waals surface area contributed by atoms with E-state index in [-0.39, 0.29) is 0 Å². The van der Waals surface area contributed by atoms with Gasteiger partial charge >= 0.3 is 0 Å². The first-order valence-corrected chi connectivity index (χ1v) is 6.43. The van der Waals surface area contributed by atoms with Crippen LogP contribution in [-0.4, -0.2) is 10.7 Å². The van der Waals surface area contributed by atoms with Gasteiger partial charge in [-0.3, -0.25) is 0 Å². The molecule has 16 heavy (non-hydrogen) atoms. The molecular formula is C14H16NS. The van der Waals surface area contributed by atoms with Gasteiger partial charge in [0.05, 0.1) is 10.5 Å². The normalized spacial score (nSPS) is 11.2. The molecule has 1 aromatic heterocycles. The van der Waals surface area contributed by atoms with Gasteiger partial charge in [-0.25, -0.2) is 4.98 Å². The molecule has 1 heterocycles. The average molecular weight is 230 g/mol. The topological polar surface area (TPSA) is 12.9 Å². The van der Waals surface area contributed by atoms with E-state index in [4.69, 9.17) is 0 Å². The van der Waals surface area contributed by atoms with E-state index in [1.165, 1.54) is 16.9 Å². The number of rotatable bonds is 3. The molecule has 0 amide bonds. The van der Waals surface area contributed by atoms with Gasteiger partial charge < -0.3 is 0 Å². The summed E-state index contributed by atoms with van der Waals surface area (Å²) >= 11 is 1.81. The largest absolute Gasteiger partial charge is 0.241 e. The van der Waals surface area contributed by atoms with Crippen molar-refractivity contribution in [1.29, 1.82) is 0 Å². The zero-order valence-electron chi connectivity index (χ0n) is 9.95. The van der Waals surface area contributed by atoms with Gasteiger partial charge in [0.15, 0.2) is 0 Å². The predicted molar refractivity (Wildman–Crippen MR) is 71.8 cm³/mol. The molecule has 1 aromatic carbocycles. The molecular weight excluding hydrogens is 214 g/mol. The van der Waals surface area contributed by atoms with Gasteiger partial charge in [0.25, 0.3) is 0 Å². The molecule has 0 aliphatic heterocycles. The third-order valence-electron chi connectivity index (χ3n) is 2.41. The highest BCUT2D eigenvalue weighted by molar-refractivity contribution is 7.99. The second-order valence-electron chi connectivity index (χ2n) is 4.29. The first-order valence-electron chi connectivity index (χ1n) is 5.45. The first kappa shape index (κ1) is 11.5. The van der Waals surface area contributed by atoms with Gasteiger partial charge in [-0.2, -0.15) is 0 Å². The zero-order valence-corrected chi connectivity index (χ0v) is 10.8. The van der Waals surface area contributed by atoms with Crippen molar-refractivity contribution in [2.75, 3.05) is 5.75 Å². The number of pyridine rings is 1. The Labute approximate surface area is 101 Å². The van der Waals surface area contributed by atoms with E-state index >= 15 is 0 Å². The van der Waals surface area contributed by atoms with Gasteiger partial charge in [-0.1, -0.05) is 32.0 Å². The van der Waals surface area contributed by atoms with Gasteiger partial charge in [-0.15, -0.1) is 11.8 Å². The van der Waals surface area contributed by atoms with Gasteiger partial charge in [0.2, 0.25) is 0 Å². The summed E-state index contributed by atoms with van der Waals surface area (Å²) in [5.41, 5.74) is 2.40. The lowest BCUT2D eigenvalue weighted by Crippen LogP contribution is -1.91. The van der Waals surface area contributed by atoms with Crippen molar-refractivity contribution < 1.29 is 0 Å². The van der Waals surface area contributed by atoms with E-state index in [0.29, 0.717) is 0 Å². The number of nitrogens with zero attached hydrogens (tertiary/aromatic N) is 1. The van der Waals surface area contributed by atoms with Crippen LogP contribution in [0.2, 0.25) is 0 Å². The molecule has 0 saturated carbocycles. The molecule has 0 fully saturated rings. The molecule has 0 saturated heterocycles. The molecule has 0 aliphatic carbocycles. The maximum Gasteiger partial charge on any atom is 0.0970 e. The molecule has 2 aromatic rings. The summed E-state index contributed by atoms with van der Waals surface area (Å²) in [6.45, 7) is 6.46. The Hall–Kier alpha value is -1.02. The summed E-state index contributed by atoms with van der Waals surface area (Å²) in [4.78, 5) is 4.66. The van der Waals surface area contributed by atoms with Gasteiger partial charge in [0.1, 0.15) is 0 Å². The van der Waals surface area contributed by atoms with E-state index in [1.807, 2.05) is 17.8 Å². The minimum atomic E-state index is 1.05. The third kappa shape index (κ3) is 2.56. The zero-order chi connectivity index (χ0) is 11.5. The Balaban J connectivity index is 2.34. The molecule has 0 aliphatic rings. The summed E-state index contributed by atoms with van der Waals surface area (Å²) in [5.74, 6) is 2.47. The monoisotopic (exact) mass is 230 g/mol. The number of benzene rings is 1. The van der Waals surface area contributed by atoms with Crippen molar-refractivity contribution in [3.8, 4) is 0 Å². The van der Waals surface area contributed by atoms with E-state index in [9.17, 15) is 0 Å². The standard InChI is InChI=1S/C14H16NS/c1-10(2)9-16-14-8-11(3)12-6-4-5-7-13(12)15-14/h4-8H,9H2,1-3H3. The molecule has 83 valence electrons. The van der Waals surface area contributed by atoms with Crippen LogP contribution in [0.1, 0.15) is 19.4 Å². The van der Waals surface area contributed by atoms with Gasteiger partial charge in [-0.05, 0) is 30.5 Å². The number of hydrogen-bond acceptors (Lipinski definition) is 2. The van der Waals surface area contributed by atoms with Gasteiger partial charge in [0, 0.05) is 11.1 Å². The summed E-state index contributed by atoms with van der Waals surface area (Å²) in [6, 6.07) is 10.5. The second-order valence-corrected chi connectivity index (χ2v) is 5.29. The van der Waals surface area contributed by atoms with Crippen molar-refractivity contribution in [3.05, 3.63) is 41.8 Å². The minimum Gasteiger partial charge on any atom is -0.241 e. The highest BCUT2D eigenvalue weighted by Crippen LogP contribution is 2.25. The highest BCUT2D eigenvalue weighted by Gasteiger charge is 2.03. The van der Waals surface area contributed by atoms with Crippen molar-refractivity contribution in [3.63, 3.8) is 0 Å². The average Bonchev–Trinajstić information content (AvgIpc) is 2.26. The number of hydrogen-bond donors (Lipinski definition) is 0. The number of aromatic nitrogens is 1. The Bertz CT molecular complexity index is 491. The number of para-hydroxylation sites is 1. The van der Waals surface area contributed by atoms with Crippen LogP contribution in [0, 0.1) is 12.8 Å². The molecule has 0 bridgehead atoms. The smallest absolute Gasteiger partial charge is 0.0970 e. The Morgan fingerprint density at radius 1 is 1.25 bits per heavy atom. The molecule has 1 radical (unpaired) electrons. The first-order chi connectivity index (χ1) is 7.66. The van der Waals surface area contributed by atoms with Crippen molar-refractivity contribution in [2.24, 2.45) is 0 Å². The SMILES string of the molecule is C[C](C)CSc1cc(C)c2ccccc2n1. The fourth-order valence-electron chi connectivity index (χ4n) is 1.61. The van der Waals surface area contributed by atoms with E-state index < -0.39 is 0 Å². The molecule has 0 N–H and O–H groups in total. The lowest BCUT2D eigenvalue weighted by Gasteiger charge is -2.07. The van der Waals surface area contributed by atoms with Crippen LogP contribution in [-0.2, 0) is 0 Å². The Morgan fingerprint density at radius 3 is 2.75 bits per heavy atom. The molecule has 0 spiro atoms. The van der Waals surface area contributed by atoms with Crippen molar-refractivity contribution in [1.82, 2.24) is 4.98 Å². The highest BCUT2D eigenvalue weighted by atomic mass is 32.2. The van der Waals surface area contributed by atoms with Crippen molar-refractivity contribution >= 4 is 22.7 Å². The summed E-state index contributed by atoms with van der Waals surface area (Å²) < 4.78 is 0. The van der Waals surface area contributed by atoms with E-state index in [0.717, 1.165) is 16.3 Å². The molecule has 1 nitrogen and oxygen atoms in total. The number of fused-ring (bicyclic) bond motifs is 1. The summed E-state index contributed by atoms with van der Waals surface area (Å²) in [5, 5.41) is 2.38. The van der Waals surface area contributed by atoms with Crippen LogP contribution in [0.25, 0.3) is 10.9 Å². The van der Waals surface area contributed by atoms with Crippen LogP contribution in [0.3, 0.4) is 0 Å². The van der Waals surface area contributed by atoms with Crippen LogP contribution >= 0.6 is 11.8 Å². The number of aryl methyl sites for hydroxylation is 1. The lowest BCUT2D eigenvalue weighted by atomic mass is 10.1. The maximum atomic E-state index is 4.66. The maximum absolute atomic E-state index is 4.66. The van der Waals surface area contributed by atoms with E-state index in [1.54, 1.807) is 0 Å². The van der Waals surface area contributed by atoms with Crippen LogP contribution in [0.5, 0.6) is 0 Å². The molecule has 0 atom stereocenters. The summed E-state index contributed by atoms with van der Waals surface area (Å²) in [6.07, 6.45) is 0. The Kier molecular flexibility index (Phi) is 3.49. The number of thioether (sulfide) groups is 1. The predicted octanol–water partition coefficient (Wildman–Crippen LogP) is 4.25. The van der Waals surface area contributed by atoms with Crippen molar-refractivity contribution in [2.45, 2.75) is 25.8 Å². The Morgan fingerprint density at radius 2 is 2.00 bits per heavy atom. The summed E-state index contributed by atoms with van der Waals surface area (Å²) in [7, 11) is 0. The van der Waals surface area contributed by atoms with Crippen LogP contribution < -0.4 is 0 Å². The molecule has 2 heteroatoms. The lowest BCUT2D eigenvalue weighted by molar-refractivity contribution is 1.10. The molecule has 2 rings (SSSR count). The minimum absolute atomic E-state index is 1.05. The van der Waals surface area contributed by atoms with Crippen LogP contribution in [0.4, 0.5) is 0 Å². The van der Waals surface area contributed by atoms with Crippen LogP contribution in [0.15, 0.2) is 35.4 Å². The fraction of sp³-hybridized carbons (Fsp3) is 0.286. The second kappa shape index (κ2) is 4.88. The quantitative estimate of drug-likeness (QED) is 0.731.